The minimum atomic E-state index is -0.508. The molecule has 2 aliphatic heterocycles. The molecular weight excluding hydrogens is 388 g/mol. The fourth-order valence-corrected chi connectivity index (χ4v) is 5.78. The van der Waals surface area contributed by atoms with Gasteiger partial charge in [0.25, 0.3) is 5.91 Å². The molecule has 1 aromatic heterocycles. The van der Waals surface area contributed by atoms with Gasteiger partial charge in [-0.1, -0.05) is 42.4 Å². The molecule has 1 N–H and O–H groups in total. The summed E-state index contributed by atoms with van der Waals surface area (Å²) in [5, 5.41) is 11.2. The van der Waals surface area contributed by atoms with Crippen LogP contribution < -0.4 is 5.32 Å². The van der Waals surface area contributed by atoms with Gasteiger partial charge in [-0.15, -0.1) is 10.2 Å². The van der Waals surface area contributed by atoms with E-state index in [1.54, 1.807) is 5.51 Å². The van der Waals surface area contributed by atoms with Gasteiger partial charge in [-0.3, -0.25) is 14.9 Å². The third-order valence-corrected chi connectivity index (χ3v) is 7.16. The molecule has 2 amide bonds. The number of anilines is 1. The molecule has 29 heavy (non-hydrogen) atoms. The van der Waals surface area contributed by atoms with Crippen molar-refractivity contribution in [1.82, 2.24) is 15.1 Å². The van der Waals surface area contributed by atoms with E-state index in [0.717, 1.165) is 50.7 Å². The lowest BCUT2D eigenvalue weighted by molar-refractivity contribution is -0.121. The highest BCUT2D eigenvalue weighted by molar-refractivity contribution is 7.13. The summed E-state index contributed by atoms with van der Waals surface area (Å²) < 4.78 is 5.86. The zero-order valence-corrected chi connectivity index (χ0v) is 17.0. The van der Waals surface area contributed by atoms with Gasteiger partial charge in [0.05, 0.1) is 17.6 Å². The second-order valence-electron chi connectivity index (χ2n) is 8.11. The van der Waals surface area contributed by atoms with Gasteiger partial charge in [-0.2, -0.15) is 0 Å². The van der Waals surface area contributed by atoms with Crippen molar-refractivity contribution in [2.45, 2.75) is 56.1 Å². The molecule has 152 valence electrons. The van der Waals surface area contributed by atoms with Crippen molar-refractivity contribution < 1.29 is 14.3 Å². The normalized spacial score (nSPS) is 25.4. The lowest BCUT2D eigenvalue weighted by Gasteiger charge is -2.50. The summed E-state index contributed by atoms with van der Waals surface area (Å²) >= 11 is 1.30. The molecule has 3 aliphatic rings. The maximum absolute atomic E-state index is 13.6. The first-order valence-corrected chi connectivity index (χ1v) is 11.2. The number of rotatable bonds is 4. The number of nitrogens with one attached hydrogen (secondary N) is 1. The number of carbonyl (C=O) groups excluding carboxylic acids is 2. The predicted molar refractivity (Wildman–Crippen MR) is 109 cm³/mol. The van der Waals surface area contributed by atoms with E-state index in [2.05, 4.69) is 15.5 Å². The Hall–Kier alpha value is -2.32. The number of hydrogen-bond donors (Lipinski definition) is 1. The first kappa shape index (κ1) is 18.7. The third kappa shape index (κ3) is 3.14. The fourth-order valence-electron chi connectivity index (χ4n) is 5.33. The molecule has 2 atom stereocenters. The van der Waals surface area contributed by atoms with E-state index in [1.165, 1.54) is 11.3 Å². The number of hydrogen-bond acceptors (Lipinski definition) is 6. The molecule has 0 unspecified atom stereocenters. The predicted octanol–water partition coefficient (Wildman–Crippen LogP) is 3.21. The van der Waals surface area contributed by atoms with Gasteiger partial charge >= 0.3 is 0 Å². The van der Waals surface area contributed by atoms with Crippen LogP contribution in [0.25, 0.3) is 0 Å². The second kappa shape index (κ2) is 7.50. The van der Waals surface area contributed by atoms with Crippen LogP contribution in [0.1, 0.15) is 60.4 Å². The van der Waals surface area contributed by atoms with Crippen LogP contribution in [0.4, 0.5) is 5.13 Å². The highest BCUT2D eigenvalue weighted by atomic mass is 32.1. The second-order valence-corrected chi connectivity index (χ2v) is 8.95. The zero-order valence-electron chi connectivity index (χ0n) is 16.2. The number of aromatic nitrogens is 2. The standard InChI is InChI=1S/C21H24N4O3S/c26-18(23-20-24-22-13-29-20)17-15-7-1-2-8-16(15)19(27)25(12-14-6-5-11-28-14)21(17)9-3-4-10-21/h1-2,7-8,13-14,17H,3-6,9-12H2,(H,23,24,26)/t14-,17-/m1/s1. The van der Waals surface area contributed by atoms with Crippen LogP contribution in [-0.4, -0.2) is 51.7 Å². The van der Waals surface area contributed by atoms with E-state index in [-0.39, 0.29) is 17.9 Å². The maximum Gasteiger partial charge on any atom is 0.254 e. The molecule has 1 spiro atoms. The van der Waals surface area contributed by atoms with E-state index < -0.39 is 11.5 Å². The van der Waals surface area contributed by atoms with Crippen LogP contribution in [0.2, 0.25) is 0 Å². The van der Waals surface area contributed by atoms with Crippen LogP contribution >= 0.6 is 11.3 Å². The molecule has 0 radical (unpaired) electrons. The fraction of sp³-hybridized carbons (Fsp3) is 0.524. The molecule has 7 nitrogen and oxygen atoms in total. The van der Waals surface area contributed by atoms with Crippen molar-refractivity contribution in [2.75, 3.05) is 18.5 Å². The van der Waals surface area contributed by atoms with Crippen molar-refractivity contribution in [2.24, 2.45) is 0 Å². The van der Waals surface area contributed by atoms with Crippen LogP contribution in [0.15, 0.2) is 29.8 Å². The SMILES string of the molecule is O=C(Nc1nncs1)[C@H]1c2ccccc2C(=O)N(C[C@H]2CCCO2)C12CCCC2. The molecule has 1 saturated carbocycles. The summed E-state index contributed by atoms with van der Waals surface area (Å²) in [6, 6.07) is 7.55. The monoisotopic (exact) mass is 412 g/mol. The van der Waals surface area contributed by atoms with E-state index in [0.29, 0.717) is 17.2 Å². The highest BCUT2D eigenvalue weighted by Gasteiger charge is 2.56. The van der Waals surface area contributed by atoms with Crippen LogP contribution in [-0.2, 0) is 9.53 Å². The Kier molecular flexibility index (Phi) is 4.83. The number of benzene rings is 1. The smallest absolute Gasteiger partial charge is 0.254 e. The van der Waals surface area contributed by atoms with Crippen LogP contribution in [0.3, 0.4) is 0 Å². The third-order valence-electron chi connectivity index (χ3n) is 6.55. The molecule has 1 aromatic carbocycles. The number of fused-ring (bicyclic) bond motifs is 1. The molecular formula is C21H24N4O3S. The Morgan fingerprint density at radius 1 is 1.28 bits per heavy atom. The summed E-state index contributed by atoms with van der Waals surface area (Å²) in [6.45, 7) is 1.30. The van der Waals surface area contributed by atoms with Gasteiger partial charge in [-0.05, 0) is 37.3 Å². The van der Waals surface area contributed by atoms with Gasteiger partial charge in [0.1, 0.15) is 5.51 Å². The first-order chi connectivity index (χ1) is 14.2. The summed E-state index contributed by atoms with van der Waals surface area (Å²) in [5.41, 5.74) is 2.54. The van der Waals surface area contributed by atoms with Crippen LogP contribution in [0.5, 0.6) is 0 Å². The van der Waals surface area contributed by atoms with E-state index >= 15 is 0 Å². The Bertz CT molecular complexity index is 904. The molecule has 2 fully saturated rings. The average Bonchev–Trinajstić information content (AvgIpc) is 3.49. The van der Waals surface area contributed by atoms with Crippen molar-refractivity contribution in [1.29, 1.82) is 0 Å². The maximum atomic E-state index is 13.6. The number of carbonyl (C=O) groups is 2. The molecule has 5 rings (SSSR count). The quantitative estimate of drug-likeness (QED) is 0.834. The van der Waals surface area contributed by atoms with Gasteiger partial charge in [0.2, 0.25) is 11.0 Å². The Morgan fingerprint density at radius 2 is 2.10 bits per heavy atom. The highest BCUT2D eigenvalue weighted by Crippen LogP contribution is 2.51. The van der Waals surface area contributed by atoms with Gasteiger partial charge in [0, 0.05) is 18.7 Å². The summed E-state index contributed by atoms with van der Waals surface area (Å²) in [5.74, 6) is -0.511. The van der Waals surface area contributed by atoms with Crippen molar-refractivity contribution in [3.05, 3.63) is 40.9 Å². The van der Waals surface area contributed by atoms with Crippen molar-refractivity contribution in [3.63, 3.8) is 0 Å². The Balaban J connectivity index is 1.58. The summed E-state index contributed by atoms with van der Waals surface area (Å²) in [7, 11) is 0. The van der Waals surface area contributed by atoms with Gasteiger partial charge in [0.15, 0.2) is 0 Å². The van der Waals surface area contributed by atoms with E-state index in [1.807, 2.05) is 29.2 Å². The van der Waals surface area contributed by atoms with Gasteiger partial charge in [-0.25, -0.2) is 0 Å². The van der Waals surface area contributed by atoms with E-state index in [9.17, 15) is 9.59 Å². The Labute approximate surface area is 173 Å². The molecule has 3 heterocycles. The summed E-state index contributed by atoms with van der Waals surface area (Å²) in [6.07, 6.45) is 5.72. The number of ether oxygens (including phenoxy) is 1. The molecule has 2 aromatic rings. The van der Waals surface area contributed by atoms with E-state index in [4.69, 9.17) is 4.74 Å². The topological polar surface area (TPSA) is 84.4 Å². The minimum Gasteiger partial charge on any atom is -0.376 e. The van der Waals surface area contributed by atoms with Gasteiger partial charge < -0.3 is 9.64 Å². The molecule has 1 aliphatic carbocycles. The number of nitrogens with zero attached hydrogens (tertiary/aromatic N) is 3. The molecule has 0 bridgehead atoms. The lowest BCUT2D eigenvalue weighted by atomic mass is 9.71. The Morgan fingerprint density at radius 3 is 2.83 bits per heavy atom. The lowest BCUT2D eigenvalue weighted by Crippen LogP contribution is -2.61. The molecule has 1 saturated heterocycles. The largest absolute Gasteiger partial charge is 0.376 e. The van der Waals surface area contributed by atoms with Crippen molar-refractivity contribution in [3.8, 4) is 0 Å². The van der Waals surface area contributed by atoms with Crippen molar-refractivity contribution >= 4 is 28.3 Å². The summed E-state index contributed by atoms with van der Waals surface area (Å²) in [4.78, 5) is 29.1. The zero-order chi connectivity index (χ0) is 19.8. The number of amides is 2. The molecule has 8 heteroatoms. The minimum absolute atomic E-state index is 0.0259. The van der Waals surface area contributed by atoms with Crippen LogP contribution in [0, 0.1) is 0 Å². The first-order valence-electron chi connectivity index (χ1n) is 10.3. The average molecular weight is 413 g/mol.